The molecule has 120 valence electrons. The second-order valence-corrected chi connectivity index (χ2v) is 5.37. The zero-order valence-corrected chi connectivity index (χ0v) is 13.1. The number of carbonyl (C=O) groups is 3. The fourth-order valence-electron chi connectivity index (χ4n) is 1.95. The molecule has 0 saturated carbocycles. The first-order valence-corrected chi connectivity index (χ1v) is 6.63. The maximum absolute atomic E-state index is 12.1. The molecule has 1 rings (SSSR count). The Hall–Kier alpha value is -2.41. The van der Waals surface area contributed by atoms with E-state index < -0.39 is 24.1 Å². The van der Waals surface area contributed by atoms with E-state index >= 15 is 0 Å². The van der Waals surface area contributed by atoms with Crippen molar-refractivity contribution in [3.8, 4) is 0 Å². The fourth-order valence-corrected chi connectivity index (χ4v) is 1.95. The Morgan fingerprint density at radius 1 is 0.818 bits per heavy atom. The molecule has 3 amide bonds. The summed E-state index contributed by atoms with van der Waals surface area (Å²) in [6, 6.07) is 0. The van der Waals surface area contributed by atoms with Crippen molar-refractivity contribution in [3.63, 3.8) is 0 Å². The maximum Gasteiger partial charge on any atom is 0.253 e. The second kappa shape index (κ2) is 6.57. The van der Waals surface area contributed by atoms with Crippen molar-refractivity contribution in [1.29, 1.82) is 0 Å². The van der Waals surface area contributed by atoms with Gasteiger partial charge in [-0.05, 0) is 20.8 Å². The van der Waals surface area contributed by atoms with Crippen molar-refractivity contribution < 1.29 is 19.5 Å². The largest absolute Gasteiger partial charge is 0.356 e. The van der Waals surface area contributed by atoms with E-state index in [0.29, 0.717) is 0 Å². The molecular formula is C15H21N3O4. The van der Waals surface area contributed by atoms with Gasteiger partial charge in [-0.2, -0.15) is 0 Å². The third kappa shape index (κ3) is 3.43. The Morgan fingerprint density at radius 2 is 1.14 bits per heavy atom. The Bertz CT molecular complexity index is 531. The van der Waals surface area contributed by atoms with Crippen molar-refractivity contribution in [3.05, 3.63) is 36.5 Å². The van der Waals surface area contributed by atoms with Gasteiger partial charge in [0.2, 0.25) is 6.35 Å². The molecule has 1 aliphatic rings. The summed E-state index contributed by atoms with van der Waals surface area (Å²) in [6.07, 6.45) is -1.48. The number of amides is 3. The smallest absolute Gasteiger partial charge is 0.253 e. The number of nitrogens with zero attached hydrogens (tertiary/aromatic N) is 3. The highest BCUT2D eigenvalue weighted by molar-refractivity contribution is 5.97. The lowest BCUT2D eigenvalue weighted by Gasteiger charge is -2.45. The molecule has 0 bridgehead atoms. The predicted molar refractivity (Wildman–Crippen MR) is 80.7 cm³/mol. The molecule has 1 N–H and O–H groups in total. The Labute approximate surface area is 129 Å². The van der Waals surface area contributed by atoms with Crippen molar-refractivity contribution in [1.82, 2.24) is 14.7 Å². The van der Waals surface area contributed by atoms with Crippen LogP contribution in [0.25, 0.3) is 0 Å². The summed E-state index contributed by atoms with van der Waals surface area (Å²) >= 11 is 0. The van der Waals surface area contributed by atoms with Gasteiger partial charge in [0.25, 0.3) is 17.7 Å². The van der Waals surface area contributed by atoms with E-state index in [9.17, 15) is 19.5 Å². The zero-order chi connectivity index (χ0) is 17.2. The molecule has 0 aromatic rings. The van der Waals surface area contributed by atoms with E-state index in [1.165, 1.54) is 25.7 Å². The van der Waals surface area contributed by atoms with Gasteiger partial charge in [-0.25, -0.2) is 0 Å². The highest BCUT2D eigenvalue weighted by atomic mass is 16.3. The summed E-state index contributed by atoms with van der Waals surface area (Å²) in [7, 11) is 0. The van der Waals surface area contributed by atoms with Crippen LogP contribution in [0.3, 0.4) is 0 Å². The quantitative estimate of drug-likeness (QED) is 0.766. The average molecular weight is 307 g/mol. The van der Waals surface area contributed by atoms with E-state index in [4.69, 9.17) is 0 Å². The third-order valence-electron chi connectivity index (χ3n) is 3.11. The van der Waals surface area contributed by atoms with Crippen LogP contribution in [0.1, 0.15) is 20.8 Å². The molecule has 1 heterocycles. The van der Waals surface area contributed by atoms with E-state index in [1.807, 2.05) is 0 Å². The van der Waals surface area contributed by atoms with Crippen LogP contribution in [0.5, 0.6) is 0 Å². The maximum atomic E-state index is 12.1. The highest BCUT2D eigenvalue weighted by Crippen LogP contribution is 2.19. The molecule has 22 heavy (non-hydrogen) atoms. The third-order valence-corrected chi connectivity index (χ3v) is 3.11. The molecule has 0 radical (unpaired) electrons. The molecular weight excluding hydrogens is 286 g/mol. The fraction of sp³-hybridized carbons (Fsp3) is 0.400. The van der Waals surface area contributed by atoms with Crippen LogP contribution in [0.15, 0.2) is 36.5 Å². The second-order valence-electron chi connectivity index (χ2n) is 5.37. The highest BCUT2D eigenvalue weighted by Gasteiger charge is 2.39. The minimum atomic E-state index is -1.48. The van der Waals surface area contributed by atoms with Crippen LogP contribution in [-0.2, 0) is 14.4 Å². The van der Waals surface area contributed by atoms with Gasteiger partial charge in [-0.3, -0.25) is 24.2 Å². The van der Waals surface area contributed by atoms with Crippen LogP contribution in [0.4, 0.5) is 0 Å². The first-order chi connectivity index (χ1) is 10.1. The number of hydrogen-bond acceptors (Lipinski definition) is 4. The molecule has 0 aliphatic carbocycles. The van der Waals surface area contributed by atoms with Gasteiger partial charge in [0.15, 0.2) is 0 Å². The normalized spacial score (nSPS) is 15.5. The molecule has 1 saturated heterocycles. The molecule has 0 atom stereocenters. The van der Waals surface area contributed by atoms with Gasteiger partial charge in [0, 0.05) is 16.7 Å². The molecule has 1 aliphatic heterocycles. The van der Waals surface area contributed by atoms with Gasteiger partial charge < -0.3 is 10.0 Å². The monoisotopic (exact) mass is 307 g/mol. The topological polar surface area (TPSA) is 81.2 Å². The molecule has 7 nitrogen and oxygen atoms in total. The van der Waals surface area contributed by atoms with Crippen LogP contribution >= 0.6 is 0 Å². The van der Waals surface area contributed by atoms with Gasteiger partial charge in [-0.1, -0.05) is 19.7 Å². The zero-order valence-electron chi connectivity index (χ0n) is 13.1. The van der Waals surface area contributed by atoms with E-state index in [2.05, 4.69) is 19.7 Å². The minimum Gasteiger partial charge on any atom is -0.356 e. The van der Waals surface area contributed by atoms with Crippen molar-refractivity contribution in [2.75, 3.05) is 13.3 Å². The molecule has 0 aromatic carbocycles. The van der Waals surface area contributed by atoms with E-state index in [0.717, 1.165) is 9.80 Å². The lowest BCUT2D eigenvalue weighted by Crippen LogP contribution is -2.65. The summed E-state index contributed by atoms with van der Waals surface area (Å²) in [6.45, 7) is 14.8. The first kappa shape index (κ1) is 17.6. The Kier molecular flexibility index (Phi) is 5.27. The lowest BCUT2D eigenvalue weighted by molar-refractivity contribution is -0.195. The Morgan fingerprint density at radius 3 is 1.41 bits per heavy atom. The SMILES string of the molecule is C=C(C)C(=O)N1CN(C(=O)C(=C)C)C(O)N(C(=O)C(=C)C)C1. The number of hydrogen-bond donors (Lipinski definition) is 1. The summed E-state index contributed by atoms with van der Waals surface area (Å²) < 4.78 is 0. The summed E-state index contributed by atoms with van der Waals surface area (Å²) in [5.74, 6) is -1.51. The molecule has 0 unspecified atom stereocenters. The van der Waals surface area contributed by atoms with Gasteiger partial charge >= 0.3 is 0 Å². The van der Waals surface area contributed by atoms with Gasteiger partial charge in [0.1, 0.15) is 13.3 Å². The molecule has 0 aromatic heterocycles. The number of aliphatic hydroxyl groups is 1. The summed E-state index contributed by atoms with van der Waals surface area (Å²) in [4.78, 5) is 39.6. The first-order valence-electron chi connectivity index (χ1n) is 6.63. The molecule has 1 fully saturated rings. The van der Waals surface area contributed by atoms with E-state index in [-0.39, 0.29) is 30.1 Å². The van der Waals surface area contributed by atoms with Gasteiger partial charge in [0.05, 0.1) is 0 Å². The summed E-state index contributed by atoms with van der Waals surface area (Å²) in [5.41, 5.74) is 0.639. The minimum absolute atomic E-state index is 0.154. The Balaban J connectivity index is 3.18. The van der Waals surface area contributed by atoms with Crippen LogP contribution in [0.2, 0.25) is 0 Å². The van der Waals surface area contributed by atoms with Crippen molar-refractivity contribution in [2.24, 2.45) is 0 Å². The lowest BCUT2D eigenvalue weighted by atomic mass is 10.2. The van der Waals surface area contributed by atoms with Crippen LogP contribution in [0, 0.1) is 0 Å². The average Bonchev–Trinajstić information content (AvgIpc) is 2.44. The predicted octanol–water partition coefficient (Wildman–Crippen LogP) is 0.405. The summed E-state index contributed by atoms with van der Waals surface area (Å²) in [5, 5.41) is 10.3. The number of rotatable bonds is 3. The van der Waals surface area contributed by atoms with Crippen molar-refractivity contribution in [2.45, 2.75) is 27.1 Å². The standard InChI is InChI=1S/C15H21N3O4/c1-9(2)12(19)16-7-17(13(20)10(3)4)15(22)18(8-16)14(21)11(5)6/h15,22H,1,3,5,7-8H2,2,4,6H3. The molecule has 0 spiro atoms. The number of aliphatic hydroxyl groups excluding tert-OH is 1. The van der Waals surface area contributed by atoms with Gasteiger partial charge in [-0.15, -0.1) is 0 Å². The van der Waals surface area contributed by atoms with E-state index in [1.54, 1.807) is 0 Å². The van der Waals surface area contributed by atoms with Crippen molar-refractivity contribution >= 4 is 17.7 Å². The van der Waals surface area contributed by atoms with Crippen LogP contribution < -0.4 is 0 Å². The molecule has 7 heteroatoms. The number of carbonyl (C=O) groups excluding carboxylic acids is 3. The van der Waals surface area contributed by atoms with Crippen LogP contribution in [-0.4, -0.2) is 57.2 Å².